The summed E-state index contributed by atoms with van der Waals surface area (Å²) in [5.41, 5.74) is 0.630. The van der Waals surface area contributed by atoms with Crippen LogP contribution in [0.5, 0.6) is 0 Å². The third-order valence-electron chi connectivity index (χ3n) is 7.51. The van der Waals surface area contributed by atoms with Crippen LogP contribution in [0, 0.1) is 11.3 Å². The first-order valence-electron chi connectivity index (χ1n) is 10.5. The third kappa shape index (κ3) is 3.24. The summed E-state index contributed by atoms with van der Waals surface area (Å²) < 4.78 is 0. The number of carbonyl (C=O) groups is 1. The number of piperidine rings is 2. The van der Waals surface area contributed by atoms with Crippen molar-refractivity contribution in [2.75, 3.05) is 32.7 Å². The Labute approximate surface area is 147 Å². The maximum atomic E-state index is 12.8. The van der Waals surface area contributed by atoms with Gasteiger partial charge >= 0.3 is 0 Å². The molecule has 1 atom stereocenters. The van der Waals surface area contributed by atoms with Crippen molar-refractivity contribution in [3.63, 3.8) is 0 Å². The van der Waals surface area contributed by atoms with Gasteiger partial charge in [0.2, 0.25) is 5.91 Å². The van der Waals surface area contributed by atoms with Gasteiger partial charge < -0.3 is 10.6 Å². The number of carbonyl (C=O) groups excluding carboxylic acids is 1. The highest BCUT2D eigenvalue weighted by atomic mass is 16.2. The molecule has 0 radical (unpaired) electrons. The Balaban J connectivity index is 1.35. The Bertz CT molecular complexity index is 446. The van der Waals surface area contributed by atoms with Gasteiger partial charge in [-0.1, -0.05) is 25.7 Å². The molecule has 0 aromatic heterocycles. The molecule has 2 heterocycles. The normalized spacial score (nSPS) is 32.4. The second-order valence-electron chi connectivity index (χ2n) is 8.92. The van der Waals surface area contributed by atoms with Gasteiger partial charge in [0.05, 0.1) is 0 Å². The van der Waals surface area contributed by atoms with E-state index in [1.165, 1.54) is 77.3 Å². The molecule has 2 N–H and O–H groups in total. The van der Waals surface area contributed by atoms with Crippen molar-refractivity contribution in [3.8, 4) is 0 Å². The van der Waals surface area contributed by atoms with E-state index in [0.29, 0.717) is 17.2 Å². The van der Waals surface area contributed by atoms with Gasteiger partial charge in [0.25, 0.3) is 0 Å². The molecule has 136 valence electrons. The largest absolute Gasteiger partial charge is 0.354 e. The number of nitrogens with one attached hydrogen (secondary N) is 2. The molecule has 2 aliphatic carbocycles. The van der Waals surface area contributed by atoms with E-state index in [-0.39, 0.29) is 5.54 Å². The molecule has 4 fully saturated rings. The molecule has 4 aliphatic rings. The van der Waals surface area contributed by atoms with E-state index in [2.05, 4.69) is 15.5 Å². The van der Waals surface area contributed by atoms with Gasteiger partial charge in [0.1, 0.15) is 0 Å². The van der Waals surface area contributed by atoms with E-state index in [4.69, 9.17) is 0 Å². The van der Waals surface area contributed by atoms with Crippen LogP contribution in [0.25, 0.3) is 0 Å². The lowest BCUT2D eigenvalue weighted by atomic mass is 9.79. The Hall–Kier alpha value is -0.610. The highest BCUT2D eigenvalue weighted by Crippen LogP contribution is 2.58. The quantitative estimate of drug-likeness (QED) is 0.831. The molecular weight excluding hydrogens is 298 g/mol. The minimum atomic E-state index is 0.268. The van der Waals surface area contributed by atoms with Crippen molar-refractivity contribution >= 4 is 5.91 Å². The van der Waals surface area contributed by atoms with Crippen LogP contribution in [0.3, 0.4) is 0 Å². The van der Waals surface area contributed by atoms with Crippen molar-refractivity contribution in [2.45, 2.75) is 76.2 Å². The van der Waals surface area contributed by atoms with Crippen LogP contribution in [0.2, 0.25) is 0 Å². The Morgan fingerprint density at radius 2 is 1.62 bits per heavy atom. The number of amides is 1. The Morgan fingerprint density at radius 1 is 0.958 bits per heavy atom. The molecule has 1 unspecified atom stereocenters. The van der Waals surface area contributed by atoms with E-state index in [9.17, 15) is 4.79 Å². The lowest BCUT2D eigenvalue weighted by Gasteiger charge is -2.48. The van der Waals surface area contributed by atoms with Gasteiger partial charge in [-0.25, -0.2) is 0 Å². The molecule has 24 heavy (non-hydrogen) atoms. The molecule has 1 amide bonds. The molecule has 4 rings (SSSR count). The van der Waals surface area contributed by atoms with Gasteiger partial charge in [0, 0.05) is 18.0 Å². The first-order valence-corrected chi connectivity index (χ1v) is 10.5. The fraction of sp³-hybridized carbons (Fsp3) is 0.950. The monoisotopic (exact) mass is 333 g/mol. The molecule has 2 saturated carbocycles. The van der Waals surface area contributed by atoms with Crippen LogP contribution in [0.4, 0.5) is 0 Å². The average molecular weight is 334 g/mol. The molecule has 0 bridgehead atoms. The van der Waals surface area contributed by atoms with Crippen LogP contribution in [0.15, 0.2) is 0 Å². The van der Waals surface area contributed by atoms with Gasteiger partial charge in [-0.15, -0.1) is 0 Å². The molecule has 1 spiro atoms. The predicted molar refractivity (Wildman–Crippen MR) is 96.9 cm³/mol. The van der Waals surface area contributed by atoms with E-state index in [1.54, 1.807) is 0 Å². The molecule has 2 saturated heterocycles. The summed E-state index contributed by atoms with van der Waals surface area (Å²) in [7, 11) is 0. The third-order valence-corrected chi connectivity index (χ3v) is 7.51. The van der Waals surface area contributed by atoms with Crippen molar-refractivity contribution in [1.82, 2.24) is 15.5 Å². The second kappa shape index (κ2) is 6.95. The minimum Gasteiger partial charge on any atom is -0.354 e. The molecule has 4 heteroatoms. The van der Waals surface area contributed by atoms with E-state index in [0.717, 1.165) is 26.1 Å². The standard InChI is InChI=1S/C20H35N3O/c24-18(17-15-19(17)9-11-21-12-10-19)22-16-20(7-3-1-4-8-20)23-13-5-2-6-14-23/h17,21H,1-16H2,(H,22,24). The van der Waals surface area contributed by atoms with Gasteiger partial charge in [-0.2, -0.15) is 0 Å². The van der Waals surface area contributed by atoms with Crippen LogP contribution >= 0.6 is 0 Å². The number of rotatable bonds is 4. The molecular formula is C20H35N3O. The second-order valence-corrected chi connectivity index (χ2v) is 8.92. The molecule has 0 aromatic carbocycles. The summed E-state index contributed by atoms with van der Waals surface area (Å²) in [6.07, 6.45) is 14.2. The van der Waals surface area contributed by atoms with Gasteiger partial charge in [0.15, 0.2) is 0 Å². The number of hydrogen-bond acceptors (Lipinski definition) is 3. The lowest BCUT2D eigenvalue weighted by Crippen LogP contribution is -2.58. The molecule has 4 nitrogen and oxygen atoms in total. The van der Waals surface area contributed by atoms with E-state index in [1.807, 2.05) is 0 Å². The van der Waals surface area contributed by atoms with Gasteiger partial charge in [-0.3, -0.25) is 9.69 Å². The summed E-state index contributed by atoms with van der Waals surface area (Å²) in [4.78, 5) is 15.5. The number of nitrogens with zero attached hydrogens (tertiary/aromatic N) is 1. The molecule has 0 aromatic rings. The Kier molecular flexibility index (Phi) is 4.88. The summed E-state index contributed by atoms with van der Waals surface area (Å²) in [6, 6.07) is 0. The van der Waals surface area contributed by atoms with Crippen LogP contribution < -0.4 is 10.6 Å². The van der Waals surface area contributed by atoms with Crippen molar-refractivity contribution < 1.29 is 4.79 Å². The zero-order valence-corrected chi connectivity index (χ0v) is 15.2. The maximum absolute atomic E-state index is 12.8. The van der Waals surface area contributed by atoms with Crippen molar-refractivity contribution in [1.29, 1.82) is 0 Å². The van der Waals surface area contributed by atoms with Crippen molar-refractivity contribution in [2.24, 2.45) is 11.3 Å². The van der Waals surface area contributed by atoms with Crippen LogP contribution in [0.1, 0.15) is 70.6 Å². The zero-order chi connectivity index (χ0) is 16.5. The van der Waals surface area contributed by atoms with E-state index < -0.39 is 0 Å². The minimum absolute atomic E-state index is 0.268. The molecule has 2 aliphatic heterocycles. The Morgan fingerprint density at radius 3 is 2.33 bits per heavy atom. The van der Waals surface area contributed by atoms with Crippen molar-refractivity contribution in [3.05, 3.63) is 0 Å². The lowest BCUT2D eigenvalue weighted by molar-refractivity contribution is -0.124. The summed E-state index contributed by atoms with van der Waals surface area (Å²) >= 11 is 0. The average Bonchev–Trinajstić information content (AvgIpc) is 3.35. The van der Waals surface area contributed by atoms with E-state index >= 15 is 0 Å². The van der Waals surface area contributed by atoms with Crippen LogP contribution in [-0.4, -0.2) is 49.1 Å². The fourth-order valence-electron chi connectivity index (χ4n) is 5.75. The highest BCUT2D eigenvalue weighted by Gasteiger charge is 2.57. The summed E-state index contributed by atoms with van der Waals surface area (Å²) in [5, 5.41) is 6.86. The highest BCUT2D eigenvalue weighted by molar-refractivity contribution is 5.82. The smallest absolute Gasteiger partial charge is 0.223 e. The topological polar surface area (TPSA) is 44.4 Å². The fourth-order valence-corrected chi connectivity index (χ4v) is 5.75. The number of hydrogen-bond donors (Lipinski definition) is 2. The summed E-state index contributed by atoms with van der Waals surface area (Å²) in [6.45, 7) is 5.59. The first-order chi connectivity index (χ1) is 11.7. The first kappa shape index (κ1) is 16.8. The number of likely N-dealkylation sites (tertiary alicyclic amines) is 1. The maximum Gasteiger partial charge on any atom is 0.223 e. The predicted octanol–water partition coefficient (Wildman–Crippen LogP) is 2.68. The summed E-state index contributed by atoms with van der Waals surface area (Å²) in [5.74, 6) is 0.667. The SMILES string of the molecule is O=C(NCC1(N2CCCCC2)CCCCC1)C1CC12CCNCC2. The zero-order valence-electron chi connectivity index (χ0n) is 15.2. The van der Waals surface area contributed by atoms with Gasteiger partial charge in [-0.05, 0) is 76.5 Å². The van der Waals surface area contributed by atoms with Crippen LogP contribution in [-0.2, 0) is 4.79 Å².